The highest BCUT2D eigenvalue weighted by molar-refractivity contribution is 5.71. The van der Waals surface area contributed by atoms with Gasteiger partial charge >= 0.3 is 5.97 Å². The number of hydrogen-bond donors (Lipinski definition) is 1. The van der Waals surface area contributed by atoms with Gasteiger partial charge < -0.3 is 10.1 Å². The van der Waals surface area contributed by atoms with Gasteiger partial charge in [0.15, 0.2) is 0 Å². The lowest BCUT2D eigenvalue weighted by Gasteiger charge is -2.29. The van der Waals surface area contributed by atoms with E-state index in [1.165, 1.54) is 6.07 Å². The maximum Gasteiger partial charge on any atom is 0.307 e. The number of carbonyl (C=O) groups excluding carboxylic acids is 1. The van der Waals surface area contributed by atoms with Crippen LogP contribution in [0, 0.1) is 5.82 Å². The van der Waals surface area contributed by atoms with Gasteiger partial charge in [-0.1, -0.05) is 18.2 Å². The van der Waals surface area contributed by atoms with Crippen LogP contribution in [-0.4, -0.2) is 19.6 Å². The van der Waals surface area contributed by atoms with Crippen LogP contribution in [0.2, 0.25) is 0 Å². The van der Waals surface area contributed by atoms with Gasteiger partial charge in [-0.2, -0.15) is 0 Å². The minimum atomic E-state index is -0.752. The molecule has 0 aromatic heterocycles. The number of carbonyl (C=O) groups is 1. The summed E-state index contributed by atoms with van der Waals surface area (Å²) in [7, 11) is 1.70. The molecule has 0 aliphatic carbocycles. The third kappa shape index (κ3) is 3.27. The zero-order valence-electron chi connectivity index (χ0n) is 10.4. The molecule has 0 radical (unpaired) electrons. The van der Waals surface area contributed by atoms with Crippen molar-refractivity contribution in [2.24, 2.45) is 0 Å². The van der Waals surface area contributed by atoms with Crippen molar-refractivity contribution in [3.05, 3.63) is 35.6 Å². The van der Waals surface area contributed by atoms with Crippen molar-refractivity contribution in [1.29, 1.82) is 0 Å². The molecule has 1 atom stereocenters. The lowest BCUT2D eigenvalue weighted by atomic mass is 9.88. The monoisotopic (exact) mass is 239 g/mol. The predicted octanol–water partition coefficient (Wildman–Crippen LogP) is 2.21. The molecule has 1 aromatic carbocycles. The molecule has 1 unspecified atom stereocenters. The van der Waals surface area contributed by atoms with E-state index in [1.807, 2.05) is 0 Å². The summed E-state index contributed by atoms with van der Waals surface area (Å²) < 4.78 is 18.6. The molecule has 0 aliphatic rings. The summed E-state index contributed by atoms with van der Waals surface area (Å²) in [6, 6.07) is 6.43. The summed E-state index contributed by atoms with van der Waals surface area (Å²) in [5, 5.41) is 2.98. The molecular formula is C13H18FNO2. The zero-order chi connectivity index (χ0) is 12.9. The molecule has 0 amide bonds. The minimum absolute atomic E-state index is 0.0955. The van der Waals surface area contributed by atoms with Crippen LogP contribution >= 0.6 is 0 Å². The van der Waals surface area contributed by atoms with E-state index in [9.17, 15) is 9.18 Å². The van der Waals surface area contributed by atoms with E-state index < -0.39 is 5.54 Å². The van der Waals surface area contributed by atoms with Gasteiger partial charge in [-0.05, 0) is 27.0 Å². The normalized spacial score (nSPS) is 14.1. The highest BCUT2D eigenvalue weighted by atomic mass is 19.1. The molecule has 0 saturated carbocycles. The number of halogens is 1. The molecule has 0 saturated heterocycles. The van der Waals surface area contributed by atoms with Crippen molar-refractivity contribution in [2.45, 2.75) is 25.8 Å². The molecule has 3 nitrogen and oxygen atoms in total. The first-order valence-electron chi connectivity index (χ1n) is 5.63. The maximum atomic E-state index is 13.7. The third-order valence-electron chi connectivity index (χ3n) is 2.82. The fourth-order valence-electron chi connectivity index (χ4n) is 1.73. The van der Waals surface area contributed by atoms with Gasteiger partial charge in [0.25, 0.3) is 0 Å². The molecule has 4 heteroatoms. The second-order valence-electron chi connectivity index (χ2n) is 4.04. The van der Waals surface area contributed by atoms with Crippen LogP contribution in [0.25, 0.3) is 0 Å². The minimum Gasteiger partial charge on any atom is -0.466 e. The van der Waals surface area contributed by atoms with Crippen LogP contribution in [0.1, 0.15) is 25.8 Å². The van der Waals surface area contributed by atoms with Gasteiger partial charge in [-0.15, -0.1) is 0 Å². The molecular weight excluding hydrogens is 221 g/mol. The lowest BCUT2D eigenvalue weighted by Crippen LogP contribution is -2.40. The Hall–Kier alpha value is -1.42. The highest BCUT2D eigenvalue weighted by Gasteiger charge is 2.30. The molecule has 0 fully saturated rings. The van der Waals surface area contributed by atoms with Crippen molar-refractivity contribution in [2.75, 3.05) is 13.7 Å². The molecule has 94 valence electrons. The molecule has 1 rings (SSSR count). The SMILES string of the molecule is CCOC(=O)CC(C)(NC)c1ccccc1F. The van der Waals surface area contributed by atoms with Gasteiger partial charge in [-0.3, -0.25) is 4.79 Å². The summed E-state index contributed by atoms with van der Waals surface area (Å²) in [5.41, 5.74) is -0.284. The first-order chi connectivity index (χ1) is 8.03. The first kappa shape index (κ1) is 13.6. The standard InChI is InChI=1S/C13H18FNO2/c1-4-17-12(16)9-13(2,15-3)10-7-5-6-8-11(10)14/h5-8,15H,4,9H2,1-3H3. The molecule has 0 heterocycles. The molecule has 1 N–H and O–H groups in total. The van der Waals surface area contributed by atoms with E-state index in [0.717, 1.165) is 0 Å². The summed E-state index contributed by atoms with van der Waals surface area (Å²) in [6.07, 6.45) is 0.0955. The van der Waals surface area contributed by atoms with E-state index in [2.05, 4.69) is 5.32 Å². The predicted molar refractivity (Wildman–Crippen MR) is 64.1 cm³/mol. The Bertz CT molecular complexity index is 395. The van der Waals surface area contributed by atoms with Crippen LogP contribution in [0.3, 0.4) is 0 Å². The molecule has 0 bridgehead atoms. The van der Waals surface area contributed by atoms with Crippen LogP contribution in [0.4, 0.5) is 4.39 Å². The maximum absolute atomic E-state index is 13.7. The second-order valence-corrected chi connectivity index (χ2v) is 4.04. The van der Waals surface area contributed by atoms with Gasteiger partial charge in [-0.25, -0.2) is 4.39 Å². The first-order valence-corrected chi connectivity index (χ1v) is 5.63. The van der Waals surface area contributed by atoms with Crippen molar-refractivity contribution in [1.82, 2.24) is 5.32 Å². The summed E-state index contributed by atoms with van der Waals surface area (Å²) in [4.78, 5) is 11.5. The quantitative estimate of drug-likeness (QED) is 0.801. The fourth-order valence-corrected chi connectivity index (χ4v) is 1.73. The summed E-state index contributed by atoms with van der Waals surface area (Å²) in [6.45, 7) is 3.86. The van der Waals surface area contributed by atoms with E-state index in [-0.39, 0.29) is 18.2 Å². The van der Waals surface area contributed by atoms with E-state index in [1.54, 1.807) is 39.1 Å². The van der Waals surface area contributed by atoms with Gasteiger partial charge in [0.1, 0.15) is 5.82 Å². The average molecular weight is 239 g/mol. The van der Waals surface area contributed by atoms with Crippen molar-refractivity contribution >= 4 is 5.97 Å². The number of esters is 1. The smallest absolute Gasteiger partial charge is 0.307 e. The Kier molecular flexibility index (Phi) is 4.63. The molecule has 0 aliphatic heterocycles. The van der Waals surface area contributed by atoms with E-state index >= 15 is 0 Å². The Balaban J connectivity index is 2.96. The zero-order valence-corrected chi connectivity index (χ0v) is 10.4. The van der Waals surface area contributed by atoms with Crippen LogP contribution in [0.5, 0.6) is 0 Å². The van der Waals surface area contributed by atoms with Crippen LogP contribution in [-0.2, 0) is 15.1 Å². The molecule has 0 spiro atoms. The second kappa shape index (κ2) is 5.77. The number of nitrogens with one attached hydrogen (secondary N) is 1. The van der Waals surface area contributed by atoms with Gasteiger partial charge in [0.2, 0.25) is 0 Å². The largest absolute Gasteiger partial charge is 0.466 e. The van der Waals surface area contributed by atoms with Gasteiger partial charge in [0, 0.05) is 5.56 Å². The third-order valence-corrected chi connectivity index (χ3v) is 2.82. The van der Waals surface area contributed by atoms with Crippen molar-refractivity contribution in [3.63, 3.8) is 0 Å². The number of ether oxygens (including phenoxy) is 1. The number of hydrogen-bond acceptors (Lipinski definition) is 3. The van der Waals surface area contributed by atoms with E-state index in [4.69, 9.17) is 4.74 Å². The van der Waals surface area contributed by atoms with Crippen LogP contribution in [0.15, 0.2) is 24.3 Å². The number of rotatable bonds is 5. The van der Waals surface area contributed by atoms with E-state index in [0.29, 0.717) is 12.2 Å². The Morgan fingerprint density at radius 2 is 2.12 bits per heavy atom. The fraction of sp³-hybridized carbons (Fsp3) is 0.462. The topological polar surface area (TPSA) is 38.3 Å². The van der Waals surface area contributed by atoms with Crippen molar-refractivity contribution < 1.29 is 13.9 Å². The van der Waals surface area contributed by atoms with Crippen molar-refractivity contribution in [3.8, 4) is 0 Å². The summed E-state index contributed by atoms with van der Waals surface area (Å²) in [5.74, 6) is -0.666. The lowest BCUT2D eigenvalue weighted by molar-refractivity contribution is -0.144. The Morgan fingerprint density at radius 1 is 1.47 bits per heavy atom. The highest BCUT2D eigenvalue weighted by Crippen LogP contribution is 2.26. The van der Waals surface area contributed by atoms with Crippen LogP contribution < -0.4 is 5.32 Å². The average Bonchev–Trinajstić information content (AvgIpc) is 2.29. The Labute approximate surface area is 101 Å². The Morgan fingerprint density at radius 3 is 2.65 bits per heavy atom. The van der Waals surface area contributed by atoms with Gasteiger partial charge in [0.05, 0.1) is 18.6 Å². The number of benzene rings is 1. The molecule has 17 heavy (non-hydrogen) atoms. The summed E-state index contributed by atoms with van der Waals surface area (Å²) >= 11 is 0. The molecule has 1 aromatic rings.